The Hall–Kier alpha value is -2.68. The van der Waals surface area contributed by atoms with E-state index in [0.29, 0.717) is 28.7 Å². The van der Waals surface area contributed by atoms with Crippen LogP contribution >= 0.6 is 11.3 Å². The van der Waals surface area contributed by atoms with Crippen LogP contribution in [0, 0.1) is 13.8 Å². The fourth-order valence-corrected chi connectivity index (χ4v) is 5.29. The van der Waals surface area contributed by atoms with E-state index >= 15 is 0 Å². The highest BCUT2D eigenvalue weighted by atomic mass is 32.1. The van der Waals surface area contributed by atoms with E-state index < -0.39 is 0 Å². The largest absolute Gasteiger partial charge is 0.497 e. The number of hydrogen-bond donors (Lipinski definition) is 0. The van der Waals surface area contributed by atoms with Gasteiger partial charge in [0.1, 0.15) is 11.5 Å². The summed E-state index contributed by atoms with van der Waals surface area (Å²) in [6, 6.07) is 9.53. The highest BCUT2D eigenvalue weighted by Crippen LogP contribution is 2.33. The minimum Gasteiger partial charge on any atom is -0.497 e. The van der Waals surface area contributed by atoms with E-state index in [1.165, 1.54) is 5.56 Å². The van der Waals surface area contributed by atoms with E-state index in [2.05, 4.69) is 30.9 Å². The van der Waals surface area contributed by atoms with E-state index in [1.54, 1.807) is 48.7 Å². The molecule has 1 amide bonds. The molecule has 8 heteroatoms. The first kappa shape index (κ1) is 23.5. The third kappa shape index (κ3) is 5.46. The average Bonchev–Trinajstić information content (AvgIpc) is 3.25. The molecule has 1 saturated heterocycles. The number of thiazole rings is 1. The van der Waals surface area contributed by atoms with Crippen molar-refractivity contribution in [1.82, 2.24) is 9.88 Å². The third-order valence-corrected chi connectivity index (χ3v) is 6.88. The third-order valence-electron chi connectivity index (χ3n) is 5.85. The van der Waals surface area contributed by atoms with Crippen LogP contribution in [0.15, 0.2) is 30.3 Å². The molecule has 3 aromatic rings. The summed E-state index contributed by atoms with van der Waals surface area (Å²) < 4.78 is 17.3. The number of benzene rings is 2. The first-order valence-electron chi connectivity index (χ1n) is 11.2. The first-order valence-corrected chi connectivity index (χ1v) is 12.0. The van der Waals surface area contributed by atoms with Gasteiger partial charge in [-0.2, -0.15) is 0 Å². The summed E-state index contributed by atoms with van der Waals surface area (Å²) >= 11 is 1.56. The van der Waals surface area contributed by atoms with Gasteiger partial charge in [-0.25, -0.2) is 4.98 Å². The second-order valence-electron chi connectivity index (χ2n) is 8.29. The number of ether oxygens (including phenoxy) is 3. The highest BCUT2D eigenvalue weighted by molar-refractivity contribution is 7.22. The van der Waals surface area contributed by atoms with Crippen LogP contribution in [-0.2, 0) is 4.74 Å². The number of aromatic nitrogens is 1. The van der Waals surface area contributed by atoms with E-state index in [1.807, 2.05) is 0 Å². The Labute approximate surface area is 198 Å². The van der Waals surface area contributed by atoms with Crippen LogP contribution in [0.5, 0.6) is 11.5 Å². The number of nitrogens with zero attached hydrogens (tertiary/aromatic N) is 3. The summed E-state index contributed by atoms with van der Waals surface area (Å²) in [7, 11) is 3.17. The van der Waals surface area contributed by atoms with Crippen molar-refractivity contribution in [3.63, 3.8) is 0 Å². The van der Waals surface area contributed by atoms with Crippen molar-refractivity contribution in [3.8, 4) is 11.5 Å². The highest BCUT2D eigenvalue weighted by Gasteiger charge is 2.23. The number of morpholine rings is 1. The molecular formula is C25H31N3O4S. The maximum Gasteiger partial charge on any atom is 0.260 e. The number of methoxy groups -OCH3 is 2. The quantitative estimate of drug-likeness (QED) is 0.490. The molecule has 0 atom stereocenters. The van der Waals surface area contributed by atoms with Gasteiger partial charge in [0, 0.05) is 37.8 Å². The van der Waals surface area contributed by atoms with Crippen molar-refractivity contribution in [2.75, 3.05) is 58.5 Å². The van der Waals surface area contributed by atoms with Crippen LogP contribution in [0.3, 0.4) is 0 Å². The number of fused-ring (bicyclic) bond motifs is 1. The molecule has 0 saturated carbocycles. The van der Waals surface area contributed by atoms with Crippen LogP contribution < -0.4 is 14.4 Å². The number of carbonyl (C=O) groups excluding carboxylic acids is 1. The molecule has 0 unspecified atom stereocenters. The fraction of sp³-hybridized carbons (Fsp3) is 0.440. The fourth-order valence-electron chi connectivity index (χ4n) is 4.12. The van der Waals surface area contributed by atoms with Crippen molar-refractivity contribution in [2.24, 2.45) is 0 Å². The van der Waals surface area contributed by atoms with E-state index in [-0.39, 0.29) is 5.91 Å². The van der Waals surface area contributed by atoms with Crippen molar-refractivity contribution >= 4 is 32.6 Å². The predicted octanol–water partition coefficient (Wildman–Crippen LogP) is 4.30. The maximum absolute atomic E-state index is 13.7. The lowest BCUT2D eigenvalue weighted by Crippen LogP contribution is -2.39. The van der Waals surface area contributed by atoms with Crippen LogP contribution in [0.4, 0.5) is 5.13 Å². The molecule has 0 N–H and O–H groups in total. The summed E-state index contributed by atoms with van der Waals surface area (Å²) in [5.41, 5.74) is 3.79. The molecule has 176 valence electrons. The number of hydrogen-bond acceptors (Lipinski definition) is 7. The van der Waals surface area contributed by atoms with E-state index in [4.69, 9.17) is 19.2 Å². The van der Waals surface area contributed by atoms with Crippen LogP contribution in [0.2, 0.25) is 0 Å². The summed E-state index contributed by atoms with van der Waals surface area (Å²) in [6.45, 7) is 9.04. The first-order chi connectivity index (χ1) is 16.0. The van der Waals surface area contributed by atoms with Crippen LogP contribution in [0.25, 0.3) is 10.2 Å². The number of carbonyl (C=O) groups is 1. The van der Waals surface area contributed by atoms with Gasteiger partial charge in [-0.05, 0) is 49.6 Å². The lowest BCUT2D eigenvalue weighted by atomic mass is 10.1. The zero-order valence-corrected chi connectivity index (χ0v) is 20.5. The molecule has 7 nitrogen and oxygen atoms in total. The van der Waals surface area contributed by atoms with Gasteiger partial charge in [0.25, 0.3) is 5.91 Å². The maximum atomic E-state index is 13.7. The smallest absolute Gasteiger partial charge is 0.260 e. The molecule has 0 bridgehead atoms. The zero-order valence-electron chi connectivity index (χ0n) is 19.7. The van der Waals surface area contributed by atoms with Gasteiger partial charge in [-0.15, -0.1) is 0 Å². The number of amides is 1. The second kappa shape index (κ2) is 10.5. The summed E-state index contributed by atoms with van der Waals surface area (Å²) in [6.07, 6.45) is 0.848. The molecule has 33 heavy (non-hydrogen) atoms. The Kier molecular flexibility index (Phi) is 7.47. The number of rotatable bonds is 8. The van der Waals surface area contributed by atoms with Crippen molar-refractivity contribution < 1.29 is 19.0 Å². The molecular weight excluding hydrogens is 438 g/mol. The predicted molar refractivity (Wildman–Crippen MR) is 132 cm³/mol. The molecule has 0 aliphatic carbocycles. The normalized spacial score (nSPS) is 14.4. The summed E-state index contributed by atoms with van der Waals surface area (Å²) in [4.78, 5) is 22.8. The Bertz CT molecular complexity index is 1100. The van der Waals surface area contributed by atoms with Crippen molar-refractivity contribution in [1.29, 1.82) is 0 Å². The van der Waals surface area contributed by atoms with Crippen molar-refractivity contribution in [3.05, 3.63) is 47.0 Å². The van der Waals surface area contributed by atoms with Gasteiger partial charge in [-0.1, -0.05) is 17.4 Å². The molecule has 2 aromatic carbocycles. The topological polar surface area (TPSA) is 64.1 Å². The molecule has 1 aliphatic heterocycles. The summed E-state index contributed by atoms with van der Waals surface area (Å²) in [5, 5.41) is 0.715. The van der Waals surface area contributed by atoms with Gasteiger partial charge >= 0.3 is 0 Å². The zero-order chi connectivity index (χ0) is 23.4. The van der Waals surface area contributed by atoms with E-state index in [9.17, 15) is 4.79 Å². The molecule has 1 aromatic heterocycles. The monoisotopic (exact) mass is 469 g/mol. The lowest BCUT2D eigenvalue weighted by Gasteiger charge is -2.27. The SMILES string of the molecule is COc1cc(OC)cc(C(=O)N(CCCN2CCOCC2)c2nc3c(C)cc(C)cc3s2)c1. The minimum absolute atomic E-state index is 0.109. The van der Waals surface area contributed by atoms with Gasteiger partial charge in [-0.3, -0.25) is 14.6 Å². The molecule has 0 radical (unpaired) electrons. The van der Waals surface area contributed by atoms with Gasteiger partial charge in [0.15, 0.2) is 5.13 Å². The molecule has 0 spiro atoms. The molecule has 2 heterocycles. The Morgan fingerprint density at radius 2 is 1.79 bits per heavy atom. The van der Waals surface area contributed by atoms with E-state index in [0.717, 1.165) is 55.0 Å². The molecule has 1 fully saturated rings. The number of anilines is 1. The van der Waals surface area contributed by atoms with Crippen LogP contribution in [0.1, 0.15) is 27.9 Å². The lowest BCUT2D eigenvalue weighted by molar-refractivity contribution is 0.0376. The molecule has 1 aliphatic rings. The second-order valence-corrected chi connectivity index (χ2v) is 9.30. The van der Waals surface area contributed by atoms with Crippen LogP contribution in [-0.4, -0.2) is 69.4 Å². The summed E-state index contributed by atoms with van der Waals surface area (Å²) in [5.74, 6) is 1.06. The average molecular weight is 470 g/mol. The Morgan fingerprint density at radius 3 is 2.45 bits per heavy atom. The molecule has 4 rings (SSSR count). The number of aryl methyl sites for hydroxylation is 2. The Morgan fingerprint density at radius 1 is 1.09 bits per heavy atom. The van der Waals surface area contributed by atoms with Gasteiger partial charge < -0.3 is 14.2 Å². The van der Waals surface area contributed by atoms with Gasteiger partial charge in [0.2, 0.25) is 0 Å². The minimum atomic E-state index is -0.109. The standard InChI is InChI=1S/C25H31N3O4S/c1-17-12-18(2)23-22(13-17)33-25(26-23)28(7-5-6-27-8-10-32-11-9-27)24(29)19-14-20(30-3)16-21(15-19)31-4/h12-16H,5-11H2,1-4H3. The van der Waals surface area contributed by atoms with Gasteiger partial charge in [0.05, 0.1) is 37.6 Å². The Balaban J connectivity index is 1.65. The van der Waals surface area contributed by atoms with Crippen molar-refractivity contribution in [2.45, 2.75) is 20.3 Å².